The Morgan fingerprint density at radius 1 is 1.38 bits per heavy atom. The lowest BCUT2D eigenvalue weighted by Crippen LogP contribution is -2.43. The molecule has 5 atom stereocenters. The molecule has 2 N–H and O–H groups in total. The minimum absolute atomic E-state index is 0.0443. The third kappa shape index (κ3) is 2.36. The first-order chi connectivity index (χ1) is 9.79. The van der Waals surface area contributed by atoms with Crippen LogP contribution in [0.25, 0.3) is 0 Å². The van der Waals surface area contributed by atoms with Crippen LogP contribution in [0, 0.1) is 11.8 Å². The molecule has 0 aromatic carbocycles. The Morgan fingerprint density at radius 2 is 2.10 bits per heavy atom. The maximum absolute atomic E-state index is 11.9. The Labute approximate surface area is 123 Å². The van der Waals surface area contributed by atoms with Crippen LogP contribution in [0.1, 0.15) is 19.8 Å². The summed E-state index contributed by atoms with van der Waals surface area (Å²) in [7, 11) is -3.26. The minimum atomic E-state index is -3.26. The normalized spacial score (nSPS) is 38.2. The van der Waals surface area contributed by atoms with Crippen molar-refractivity contribution in [1.82, 2.24) is 10.0 Å². The first-order valence-electron chi connectivity index (χ1n) is 6.94. The van der Waals surface area contributed by atoms with Crippen molar-refractivity contribution < 1.29 is 22.7 Å². The standard InChI is InChI=1S/C13H18N2O5S/c1-6(2)13(17)14-5-10(16)20-12-7-3-8-9(4-7)21(18,19)15-11(8)12/h7-9,11-12,15H,1,3-5H2,2H3,(H,14,17). The maximum Gasteiger partial charge on any atom is 0.325 e. The second-order valence-corrected chi connectivity index (χ2v) is 7.97. The van der Waals surface area contributed by atoms with Gasteiger partial charge in [-0.05, 0) is 31.6 Å². The molecule has 1 amide bonds. The largest absolute Gasteiger partial charge is 0.459 e. The maximum atomic E-state index is 11.9. The fourth-order valence-electron chi connectivity index (χ4n) is 3.71. The van der Waals surface area contributed by atoms with Crippen LogP contribution in [-0.4, -0.2) is 44.2 Å². The van der Waals surface area contributed by atoms with Gasteiger partial charge in [0.05, 0.1) is 11.3 Å². The van der Waals surface area contributed by atoms with Crippen LogP contribution in [0.4, 0.5) is 0 Å². The summed E-state index contributed by atoms with van der Waals surface area (Å²) in [6, 6.07) is -0.306. The fourth-order valence-corrected chi connectivity index (χ4v) is 5.81. The zero-order valence-corrected chi connectivity index (χ0v) is 12.5. The van der Waals surface area contributed by atoms with E-state index in [1.54, 1.807) is 6.92 Å². The van der Waals surface area contributed by atoms with Gasteiger partial charge in [-0.25, -0.2) is 13.1 Å². The van der Waals surface area contributed by atoms with Crippen molar-refractivity contribution in [3.8, 4) is 0 Å². The smallest absolute Gasteiger partial charge is 0.325 e. The fraction of sp³-hybridized carbons (Fsp3) is 0.692. The molecule has 1 heterocycles. The van der Waals surface area contributed by atoms with Crippen molar-refractivity contribution in [2.24, 2.45) is 11.8 Å². The Balaban J connectivity index is 1.59. The lowest BCUT2D eigenvalue weighted by atomic mass is 9.93. The molecule has 2 bridgehead atoms. The average molecular weight is 314 g/mol. The molecule has 3 rings (SSSR count). The van der Waals surface area contributed by atoms with Gasteiger partial charge in [-0.1, -0.05) is 6.58 Å². The van der Waals surface area contributed by atoms with Crippen LogP contribution in [0.2, 0.25) is 0 Å². The van der Waals surface area contributed by atoms with Gasteiger partial charge in [0.15, 0.2) is 0 Å². The molecular formula is C13H18N2O5S. The van der Waals surface area contributed by atoms with Gasteiger partial charge in [-0.2, -0.15) is 0 Å². The molecule has 3 aliphatic rings. The van der Waals surface area contributed by atoms with Crippen molar-refractivity contribution in [2.75, 3.05) is 6.54 Å². The topological polar surface area (TPSA) is 102 Å². The molecule has 21 heavy (non-hydrogen) atoms. The zero-order valence-electron chi connectivity index (χ0n) is 11.7. The molecule has 3 fully saturated rings. The Kier molecular flexibility index (Phi) is 3.32. The van der Waals surface area contributed by atoms with Gasteiger partial charge >= 0.3 is 5.97 Å². The first kappa shape index (κ1) is 14.5. The molecule has 0 aromatic rings. The molecular weight excluding hydrogens is 296 g/mol. The Morgan fingerprint density at radius 3 is 2.76 bits per heavy atom. The number of sulfonamides is 1. The second kappa shape index (κ2) is 4.81. The van der Waals surface area contributed by atoms with Crippen molar-refractivity contribution in [2.45, 2.75) is 37.2 Å². The van der Waals surface area contributed by atoms with Gasteiger partial charge in [0.1, 0.15) is 12.6 Å². The number of esters is 1. The number of nitrogens with one attached hydrogen (secondary N) is 2. The number of carbonyl (C=O) groups excluding carboxylic acids is 2. The first-order valence-corrected chi connectivity index (χ1v) is 8.48. The van der Waals surface area contributed by atoms with Crippen molar-refractivity contribution in [3.05, 3.63) is 12.2 Å². The number of hydrogen-bond donors (Lipinski definition) is 2. The van der Waals surface area contributed by atoms with Gasteiger partial charge in [0.25, 0.3) is 0 Å². The van der Waals surface area contributed by atoms with E-state index >= 15 is 0 Å². The quantitative estimate of drug-likeness (QED) is 0.528. The molecule has 0 spiro atoms. The average Bonchev–Trinajstić information content (AvgIpc) is 2.99. The highest BCUT2D eigenvalue weighted by atomic mass is 32.2. The van der Waals surface area contributed by atoms with Crippen LogP contribution in [0.3, 0.4) is 0 Å². The molecule has 116 valence electrons. The van der Waals surface area contributed by atoms with Crippen LogP contribution in [0.15, 0.2) is 12.2 Å². The van der Waals surface area contributed by atoms with E-state index in [1.165, 1.54) is 0 Å². The van der Waals surface area contributed by atoms with E-state index in [-0.39, 0.29) is 29.7 Å². The molecule has 0 aromatic heterocycles. The molecule has 5 unspecified atom stereocenters. The Bertz CT molecular complexity index is 614. The highest BCUT2D eigenvalue weighted by Crippen LogP contribution is 2.52. The molecule has 0 radical (unpaired) electrons. The van der Waals surface area contributed by atoms with E-state index in [2.05, 4.69) is 16.6 Å². The second-order valence-electron chi connectivity index (χ2n) is 6.04. The summed E-state index contributed by atoms with van der Waals surface area (Å²) in [5.41, 5.74) is 0.314. The minimum Gasteiger partial charge on any atom is -0.459 e. The third-order valence-corrected chi connectivity index (χ3v) is 6.55. The molecule has 2 saturated carbocycles. The van der Waals surface area contributed by atoms with Crippen LogP contribution in [0.5, 0.6) is 0 Å². The highest BCUT2D eigenvalue weighted by molar-refractivity contribution is 7.90. The van der Waals surface area contributed by atoms with Gasteiger partial charge in [0.2, 0.25) is 15.9 Å². The predicted molar refractivity (Wildman–Crippen MR) is 73.5 cm³/mol. The molecule has 7 nitrogen and oxygen atoms in total. The van der Waals surface area contributed by atoms with Crippen LogP contribution >= 0.6 is 0 Å². The van der Waals surface area contributed by atoms with Gasteiger partial charge in [-0.15, -0.1) is 0 Å². The number of fused-ring (bicyclic) bond motifs is 1. The van der Waals surface area contributed by atoms with E-state index in [0.29, 0.717) is 12.0 Å². The molecule has 1 aliphatic heterocycles. The highest BCUT2D eigenvalue weighted by Gasteiger charge is 2.63. The number of hydrogen-bond acceptors (Lipinski definition) is 5. The van der Waals surface area contributed by atoms with E-state index in [0.717, 1.165) is 6.42 Å². The van der Waals surface area contributed by atoms with E-state index in [1.807, 2.05) is 0 Å². The van der Waals surface area contributed by atoms with E-state index in [4.69, 9.17) is 4.74 Å². The summed E-state index contributed by atoms with van der Waals surface area (Å²) < 4.78 is 31.8. The van der Waals surface area contributed by atoms with Crippen molar-refractivity contribution >= 4 is 21.9 Å². The number of amides is 1. The molecule has 1 saturated heterocycles. The van der Waals surface area contributed by atoms with Crippen molar-refractivity contribution in [3.63, 3.8) is 0 Å². The van der Waals surface area contributed by atoms with Gasteiger partial charge < -0.3 is 10.1 Å². The molecule has 8 heteroatoms. The van der Waals surface area contributed by atoms with Crippen molar-refractivity contribution in [1.29, 1.82) is 0 Å². The summed E-state index contributed by atoms with van der Waals surface area (Å²) in [5.74, 6) is -0.815. The SMILES string of the molecule is C=C(C)C(=O)NCC(=O)OC1C2CC3C1NS(=O)(=O)C3C2. The predicted octanol–water partition coefficient (Wildman–Crippen LogP) is -0.699. The zero-order chi connectivity index (χ0) is 15.4. The third-order valence-electron chi connectivity index (χ3n) is 4.61. The Hall–Kier alpha value is -1.41. The summed E-state index contributed by atoms with van der Waals surface area (Å²) in [6.45, 7) is 4.79. The summed E-state index contributed by atoms with van der Waals surface area (Å²) >= 11 is 0. The summed E-state index contributed by atoms with van der Waals surface area (Å²) in [6.07, 6.45) is 0.905. The molecule has 2 aliphatic carbocycles. The van der Waals surface area contributed by atoms with E-state index in [9.17, 15) is 18.0 Å². The lowest BCUT2D eigenvalue weighted by molar-refractivity contribution is -0.152. The number of carbonyl (C=O) groups is 2. The van der Waals surface area contributed by atoms with Gasteiger partial charge in [-0.3, -0.25) is 9.59 Å². The summed E-state index contributed by atoms with van der Waals surface area (Å²) in [4.78, 5) is 23.1. The number of ether oxygens (including phenoxy) is 1. The van der Waals surface area contributed by atoms with Crippen LogP contribution < -0.4 is 10.0 Å². The lowest BCUT2D eigenvalue weighted by Gasteiger charge is -2.26. The van der Waals surface area contributed by atoms with Crippen LogP contribution in [-0.2, 0) is 24.3 Å². The monoisotopic (exact) mass is 314 g/mol. The number of rotatable bonds is 4. The summed E-state index contributed by atoms with van der Waals surface area (Å²) in [5, 5.41) is 2.08. The van der Waals surface area contributed by atoms with E-state index < -0.39 is 28.0 Å². The van der Waals surface area contributed by atoms with Gasteiger partial charge in [0, 0.05) is 5.57 Å².